The quantitative estimate of drug-likeness (QED) is 0.734. The first-order valence-electron chi connectivity index (χ1n) is 10.6. The van der Waals surface area contributed by atoms with Gasteiger partial charge in [0.05, 0.1) is 11.5 Å². The van der Waals surface area contributed by atoms with Gasteiger partial charge in [-0.05, 0) is 86.1 Å². The lowest BCUT2D eigenvalue weighted by Gasteiger charge is -2.18. The predicted octanol–water partition coefficient (Wildman–Crippen LogP) is 3.30. The monoisotopic (exact) mass is 428 g/mol. The SMILES string of the molecule is CCOc1ccc(N2CC(CNS(=O)(=O)c3ccc4c(c3)CCCC4)CC2=O)cc1. The lowest BCUT2D eigenvalue weighted by Crippen LogP contribution is -2.31. The van der Waals surface area contributed by atoms with Crippen molar-refractivity contribution in [2.75, 3.05) is 24.6 Å². The normalized spacial score (nSPS) is 19.0. The van der Waals surface area contributed by atoms with Crippen molar-refractivity contribution in [3.05, 3.63) is 53.6 Å². The summed E-state index contributed by atoms with van der Waals surface area (Å²) >= 11 is 0. The van der Waals surface area contributed by atoms with Gasteiger partial charge in [0.1, 0.15) is 5.75 Å². The van der Waals surface area contributed by atoms with Crippen molar-refractivity contribution in [2.45, 2.75) is 43.9 Å². The van der Waals surface area contributed by atoms with E-state index in [1.807, 2.05) is 43.3 Å². The van der Waals surface area contributed by atoms with E-state index in [1.165, 1.54) is 5.56 Å². The maximum Gasteiger partial charge on any atom is 0.240 e. The molecule has 0 saturated carbocycles. The third kappa shape index (κ3) is 4.52. The van der Waals surface area contributed by atoms with E-state index in [2.05, 4.69) is 4.72 Å². The van der Waals surface area contributed by atoms with Crippen molar-refractivity contribution < 1.29 is 17.9 Å². The van der Waals surface area contributed by atoms with Gasteiger partial charge in [0, 0.05) is 25.2 Å². The van der Waals surface area contributed by atoms with Gasteiger partial charge in [0.2, 0.25) is 15.9 Å². The molecule has 30 heavy (non-hydrogen) atoms. The van der Waals surface area contributed by atoms with Gasteiger partial charge in [0.15, 0.2) is 0 Å². The number of amides is 1. The van der Waals surface area contributed by atoms with E-state index >= 15 is 0 Å². The number of nitrogens with zero attached hydrogens (tertiary/aromatic N) is 1. The zero-order valence-electron chi connectivity index (χ0n) is 17.3. The molecule has 6 nitrogen and oxygen atoms in total. The Morgan fingerprint density at radius 2 is 1.80 bits per heavy atom. The zero-order chi connectivity index (χ0) is 21.1. The average Bonchev–Trinajstić information content (AvgIpc) is 3.13. The highest BCUT2D eigenvalue weighted by Gasteiger charge is 2.31. The molecular weight excluding hydrogens is 400 g/mol. The van der Waals surface area contributed by atoms with Crippen molar-refractivity contribution in [3.8, 4) is 5.75 Å². The zero-order valence-corrected chi connectivity index (χ0v) is 18.1. The molecule has 7 heteroatoms. The van der Waals surface area contributed by atoms with E-state index in [0.29, 0.717) is 24.5 Å². The molecule has 2 aliphatic rings. The fourth-order valence-corrected chi connectivity index (χ4v) is 5.41. The van der Waals surface area contributed by atoms with Crippen molar-refractivity contribution in [1.82, 2.24) is 4.72 Å². The number of sulfonamides is 1. The number of benzene rings is 2. The Morgan fingerprint density at radius 3 is 2.53 bits per heavy atom. The van der Waals surface area contributed by atoms with Gasteiger partial charge < -0.3 is 9.64 Å². The Hall–Kier alpha value is -2.38. The maximum atomic E-state index is 12.8. The molecule has 1 N–H and O–H groups in total. The van der Waals surface area contributed by atoms with Gasteiger partial charge in [0.25, 0.3) is 0 Å². The van der Waals surface area contributed by atoms with Crippen molar-refractivity contribution in [2.24, 2.45) is 5.92 Å². The highest BCUT2D eigenvalue weighted by atomic mass is 32.2. The molecule has 2 aromatic rings. The molecule has 2 aromatic carbocycles. The van der Waals surface area contributed by atoms with Gasteiger partial charge in [-0.15, -0.1) is 0 Å². The van der Waals surface area contributed by atoms with Gasteiger partial charge in [-0.3, -0.25) is 4.79 Å². The molecule has 1 unspecified atom stereocenters. The lowest BCUT2D eigenvalue weighted by molar-refractivity contribution is -0.117. The summed E-state index contributed by atoms with van der Waals surface area (Å²) in [4.78, 5) is 14.5. The Labute approximate surface area is 178 Å². The summed E-state index contributed by atoms with van der Waals surface area (Å²) in [5.41, 5.74) is 3.21. The van der Waals surface area contributed by atoms with E-state index < -0.39 is 10.0 Å². The van der Waals surface area contributed by atoms with Crippen LogP contribution in [0.5, 0.6) is 5.75 Å². The second-order valence-electron chi connectivity index (χ2n) is 7.99. The topological polar surface area (TPSA) is 75.7 Å². The van der Waals surface area contributed by atoms with Gasteiger partial charge in [-0.1, -0.05) is 6.07 Å². The van der Waals surface area contributed by atoms with Crippen LogP contribution in [0.4, 0.5) is 5.69 Å². The summed E-state index contributed by atoms with van der Waals surface area (Å²) in [6.07, 6.45) is 4.56. The number of hydrogen-bond donors (Lipinski definition) is 1. The van der Waals surface area contributed by atoms with Crippen LogP contribution in [0, 0.1) is 5.92 Å². The van der Waals surface area contributed by atoms with Crippen LogP contribution in [0.15, 0.2) is 47.4 Å². The van der Waals surface area contributed by atoms with Crippen LogP contribution in [0.25, 0.3) is 0 Å². The average molecular weight is 429 g/mol. The van der Waals surface area contributed by atoms with Gasteiger partial charge in [-0.25, -0.2) is 13.1 Å². The highest BCUT2D eigenvalue weighted by Crippen LogP contribution is 2.27. The number of ether oxygens (including phenoxy) is 1. The Balaban J connectivity index is 1.38. The van der Waals surface area contributed by atoms with Gasteiger partial charge >= 0.3 is 0 Å². The lowest BCUT2D eigenvalue weighted by atomic mass is 9.92. The Kier molecular flexibility index (Phi) is 6.11. The first-order valence-corrected chi connectivity index (χ1v) is 12.1. The molecular formula is C23H28N2O4S. The van der Waals surface area contributed by atoms with Crippen LogP contribution in [-0.4, -0.2) is 34.0 Å². The van der Waals surface area contributed by atoms with Gasteiger partial charge in [-0.2, -0.15) is 0 Å². The minimum absolute atomic E-state index is 0.0112. The first kappa shape index (κ1) is 20.9. The Bertz CT molecular complexity index is 1020. The number of rotatable bonds is 7. The van der Waals surface area contributed by atoms with E-state index in [1.54, 1.807) is 11.0 Å². The van der Waals surface area contributed by atoms with E-state index in [4.69, 9.17) is 4.74 Å². The summed E-state index contributed by atoms with van der Waals surface area (Å²) in [5.74, 6) is 0.718. The van der Waals surface area contributed by atoms with Crippen molar-refractivity contribution in [3.63, 3.8) is 0 Å². The summed E-state index contributed by atoms with van der Waals surface area (Å²) in [5, 5.41) is 0. The molecule has 1 fully saturated rings. The third-order valence-electron chi connectivity index (χ3n) is 5.86. The molecule has 0 spiro atoms. The summed E-state index contributed by atoms with van der Waals surface area (Å²) < 4.78 is 33.7. The number of fused-ring (bicyclic) bond motifs is 1. The van der Waals surface area contributed by atoms with Crippen molar-refractivity contribution >= 4 is 21.6 Å². The predicted molar refractivity (Wildman–Crippen MR) is 116 cm³/mol. The van der Waals surface area contributed by atoms with Crippen LogP contribution in [0.3, 0.4) is 0 Å². The summed E-state index contributed by atoms with van der Waals surface area (Å²) in [7, 11) is -3.59. The standard InChI is InChI=1S/C23H28N2O4S/c1-2-29-21-10-8-20(9-11-21)25-16-17(13-23(25)26)15-24-30(27,28)22-12-7-18-5-3-4-6-19(18)14-22/h7-12,14,17,24H,2-6,13,15-16H2,1H3. The molecule has 0 radical (unpaired) electrons. The minimum atomic E-state index is -3.59. The fraction of sp³-hybridized carbons (Fsp3) is 0.435. The number of nitrogens with one attached hydrogen (secondary N) is 1. The van der Waals surface area contributed by atoms with Crippen LogP contribution in [0.2, 0.25) is 0 Å². The largest absolute Gasteiger partial charge is 0.494 e. The molecule has 0 bridgehead atoms. The van der Waals surface area contributed by atoms with E-state index in [0.717, 1.165) is 42.7 Å². The molecule has 1 atom stereocenters. The minimum Gasteiger partial charge on any atom is -0.494 e. The molecule has 1 amide bonds. The first-order chi connectivity index (χ1) is 14.5. The molecule has 1 aliphatic carbocycles. The maximum absolute atomic E-state index is 12.8. The number of carbonyl (C=O) groups excluding carboxylic acids is 1. The second-order valence-corrected chi connectivity index (χ2v) is 9.76. The number of hydrogen-bond acceptors (Lipinski definition) is 4. The fourth-order valence-electron chi connectivity index (χ4n) is 4.24. The number of anilines is 1. The summed E-state index contributed by atoms with van der Waals surface area (Å²) in [6.45, 7) is 3.26. The smallest absolute Gasteiger partial charge is 0.240 e. The second kappa shape index (κ2) is 8.78. The van der Waals surface area contributed by atoms with E-state index in [9.17, 15) is 13.2 Å². The molecule has 1 saturated heterocycles. The van der Waals surface area contributed by atoms with Crippen molar-refractivity contribution in [1.29, 1.82) is 0 Å². The molecule has 4 rings (SSSR count). The van der Waals surface area contributed by atoms with E-state index in [-0.39, 0.29) is 18.4 Å². The summed E-state index contributed by atoms with van der Waals surface area (Å²) in [6, 6.07) is 12.9. The number of carbonyl (C=O) groups is 1. The van der Waals surface area contributed by atoms with Crippen LogP contribution in [0.1, 0.15) is 37.3 Å². The van der Waals surface area contributed by atoms with Crippen LogP contribution < -0.4 is 14.4 Å². The number of aryl methyl sites for hydroxylation is 2. The molecule has 1 aliphatic heterocycles. The molecule has 1 heterocycles. The highest BCUT2D eigenvalue weighted by molar-refractivity contribution is 7.89. The molecule has 0 aromatic heterocycles. The third-order valence-corrected chi connectivity index (χ3v) is 7.28. The van der Waals surface area contributed by atoms with Crippen LogP contribution >= 0.6 is 0 Å². The molecule has 160 valence electrons. The Morgan fingerprint density at radius 1 is 1.07 bits per heavy atom. The van der Waals surface area contributed by atoms with Crippen LogP contribution in [-0.2, 0) is 27.7 Å².